The summed E-state index contributed by atoms with van der Waals surface area (Å²) in [5, 5.41) is 8.04. The van der Waals surface area contributed by atoms with Crippen LogP contribution in [0.3, 0.4) is 0 Å². The SMILES string of the molecule is Cc1nn(C)c(Cl)c1CNc1ccc(S(C)(=O)=O)cc1. The van der Waals surface area contributed by atoms with E-state index in [4.69, 9.17) is 11.6 Å². The van der Waals surface area contributed by atoms with Crippen molar-refractivity contribution in [2.24, 2.45) is 7.05 Å². The monoisotopic (exact) mass is 313 g/mol. The second kappa shape index (κ2) is 5.46. The van der Waals surface area contributed by atoms with Crippen molar-refractivity contribution < 1.29 is 8.42 Å². The molecule has 108 valence electrons. The zero-order chi connectivity index (χ0) is 14.9. The lowest BCUT2D eigenvalue weighted by Crippen LogP contribution is -2.02. The van der Waals surface area contributed by atoms with Crippen molar-refractivity contribution in [2.75, 3.05) is 11.6 Å². The van der Waals surface area contributed by atoms with Crippen molar-refractivity contribution >= 4 is 27.1 Å². The Balaban J connectivity index is 2.12. The lowest BCUT2D eigenvalue weighted by Gasteiger charge is -2.07. The minimum atomic E-state index is -3.16. The molecule has 2 aromatic rings. The number of halogens is 1. The quantitative estimate of drug-likeness (QED) is 0.941. The molecule has 5 nitrogen and oxygen atoms in total. The fourth-order valence-corrected chi connectivity index (χ4v) is 2.76. The molecule has 0 saturated heterocycles. The van der Waals surface area contributed by atoms with Crippen molar-refractivity contribution in [1.29, 1.82) is 0 Å². The van der Waals surface area contributed by atoms with Crippen LogP contribution in [0.4, 0.5) is 5.69 Å². The Hall–Kier alpha value is -1.53. The van der Waals surface area contributed by atoms with Crippen LogP contribution in [0.25, 0.3) is 0 Å². The summed E-state index contributed by atoms with van der Waals surface area (Å²) in [6.45, 7) is 2.44. The molecule has 0 saturated carbocycles. The van der Waals surface area contributed by atoms with E-state index < -0.39 is 9.84 Å². The molecule has 2 rings (SSSR count). The molecular weight excluding hydrogens is 298 g/mol. The largest absolute Gasteiger partial charge is 0.381 e. The minimum absolute atomic E-state index is 0.304. The maximum Gasteiger partial charge on any atom is 0.175 e. The van der Waals surface area contributed by atoms with Gasteiger partial charge in [-0.25, -0.2) is 8.42 Å². The van der Waals surface area contributed by atoms with Gasteiger partial charge in [-0.2, -0.15) is 5.10 Å². The Morgan fingerprint density at radius 2 is 1.90 bits per heavy atom. The number of rotatable bonds is 4. The predicted molar refractivity (Wildman–Crippen MR) is 79.8 cm³/mol. The smallest absolute Gasteiger partial charge is 0.175 e. The number of sulfone groups is 1. The highest BCUT2D eigenvalue weighted by Gasteiger charge is 2.11. The maximum atomic E-state index is 11.4. The number of hydrogen-bond donors (Lipinski definition) is 1. The Morgan fingerprint density at radius 3 is 2.35 bits per heavy atom. The second-order valence-corrected chi connectivity index (χ2v) is 7.00. The number of aryl methyl sites for hydroxylation is 2. The van der Waals surface area contributed by atoms with Crippen molar-refractivity contribution in [1.82, 2.24) is 9.78 Å². The van der Waals surface area contributed by atoms with Gasteiger partial charge in [0.1, 0.15) is 5.15 Å². The molecule has 20 heavy (non-hydrogen) atoms. The van der Waals surface area contributed by atoms with Crippen molar-refractivity contribution in [3.63, 3.8) is 0 Å². The zero-order valence-electron chi connectivity index (χ0n) is 11.5. The van der Waals surface area contributed by atoms with E-state index in [2.05, 4.69) is 10.4 Å². The fraction of sp³-hybridized carbons (Fsp3) is 0.308. The molecular formula is C13H16ClN3O2S. The third-order valence-electron chi connectivity index (χ3n) is 3.02. The van der Waals surface area contributed by atoms with Gasteiger partial charge in [0.25, 0.3) is 0 Å². The van der Waals surface area contributed by atoms with E-state index in [0.29, 0.717) is 16.6 Å². The molecule has 7 heteroatoms. The molecule has 0 aliphatic carbocycles. The molecule has 1 aromatic carbocycles. The van der Waals surface area contributed by atoms with Crippen LogP contribution in [-0.4, -0.2) is 24.5 Å². The maximum absolute atomic E-state index is 11.4. The van der Waals surface area contributed by atoms with E-state index in [1.54, 1.807) is 36.0 Å². The summed E-state index contributed by atoms with van der Waals surface area (Å²) in [5.41, 5.74) is 2.64. The van der Waals surface area contributed by atoms with Gasteiger partial charge < -0.3 is 5.32 Å². The number of nitrogens with one attached hydrogen (secondary N) is 1. The molecule has 1 heterocycles. The average molecular weight is 314 g/mol. The first-order chi connectivity index (χ1) is 9.29. The van der Waals surface area contributed by atoms with E-state index in [1.807, 2.05) is 6.92 Å². The van der Waals surface area contributed by atoms with Crippen LogP contribution in [0.5, 0.6) is 0 Å². The summed E-state index contributed by atoms with van der Waals surface area (Å²) < 4.78 is 24.4. The van der Waals surface area contributed by atoms with Gasteiger partial charge in [0.15, 0.2) is 9.84 Å². The number of hydrogen-bond acceptors (Lipinski definition) is 4. The first-order valence-corrected chi connectivity index (χ1v) is 8.28. The van der Waals surface area contributed by atoms with Gasteiger partial charge in [-0.05, 0) is 31.2 Å². The van der Waals surface area contributed by atoms with Crippen LogP contribution in [0, 0.1) is 6.92 Å². The Morgan fingerprint density at radius 1 is 1.30 bits per heavy atom. The van der Waals surface area contributed by atoms with Crippen LogP contribution >= 0.6 is 11.6 Å². The molecule has 0 amide bonds. The molecule has 0 aliphatic heterocycles. The number of aromatic nitrogens is 2. The van der Waals surface area contributed by atoms with E-state index in [0.717, 1.165) is 16.9 Å². The third kappa shape index (κ3) is 3.13. The molecule has 0 fully saturated rings. The van der Waals surface area contributed by atoms with Gasteiger partial charge in [0, 0.05) is 31.1 Å². The number of anilines is 1. The summed E-state index contributed by atoms with van der Waals surface area (Å²) in [6, 6.07) is 6.62. The van der Waals surface area contributed by atoms with Gasteiger partial charge in [-0.15, -0.1) is 0 Å². The summed E-state index contributed by atoms with van der Waals surface area (Å²) >= 11 is 6.15. The minimum Gasteiger partial charge on any atom is -0.381 e. The van der Waals surface area contributed by atoms with Crippen LogP contribution < -0.4 is 5.32 Å². The Labute approximate surface area is 123 Å². The van der Waals surface area contributed by atoms with E-state index in [-0.39, 0.29) is 0 Å². The Bertz CT molecular complexity index is 721. The van der Waals surface area contributed by atoms with E-state index in [9.17, 15) is 8.42 Å². The molecule has 0 spiro atoms. The molecule has 0 radical (unpaired) electrons. The molecule has 0 aliphatic rings. The third-order valence-corrected chi connectivity index (χ3v) is 4.62. The molecule has 0 bridgehead atoms. The van der Waals surface area contributed by atoms with Gasteiger partial charge in [-0.1, -0.05) is 11.6 Å². The summed E-state index contributed by atoms with van der Waals surface area (Å²) in [6.07, 6.45) is 1.19. The molecule has 1 N–H and O–H groups in total. The topological polar surface area (TPSA) is 64.0 Å². The first-order valence-electron chi connectivity index (χ1n) is 6.01. The van der Waals surface area contributed by atoms with Crippen LogP contribution in [0.1, 0.15) is 11.3 Å². The summed E-state index contributed by atoms with van der Waals surface area (Å²) in [4.78, 5) is 0.304. The Kier molecular flexibility index (Phi) is 4.06. The predicted octanol–water partition coefficient (Wildman–Crippen LogP) is 2.40. The lowest BCUT2D eigenvalue weighted by atomic mass is 10.2. The van der Waals surface area contributed by atoms with Crippen molar-refractivity contribution in [3.8, 4) is 0 Å². The van der Waals surface area contributed by atoms with Crippen LogP contribution in [0.15, 0.2) is 29.2 Å². The highest BCUT2D eigenvalue weighted by atomic mass is 35.5. The van der Waals surface area contributed by atoms with Crippen LogP contribution in [-0.2, 0) is 23.4 Å². The van der Waals surface area contributed by atoms with E-state index >= 15 is 0 Å². The zero-order valence-corrected chi connectivity index (χ0v) is 13.1. The van der Waals surface area contributed by atoms with E-state index in [1.165, 1.54) is 6.26 Å². The van der Waals surface area contributed by atoms with Gasteiger partial charge in [0.2, 0.25) is 0 Å². The lowest BCUT2D eigenvalue weighted by molar-refractivity contribution is 0.602. The first kappa shape index (κ1) is 14.9. The summed E-state index contributed by atoms with van der Waals surface area (Å²) in [5.74, 6) is 0. The standard InChI is InChI=1S/C13H16ClN3O2S/c1-9-12(13(14)17(2)16-9)8-15-10-4-6-11(7-5-10)20(3,18)19/h4-7,15H,8H2,1-3H3. The van der Waals surface area contributed by atoms with Gasteiger partial charge in [0.05, 0.1) is 10.6 Å². The number of benzene rings is 1. The number of nitrogens with zero attached hydrogens (tertiary/aromatic N) is 2. The molecule has 1 aromatic heterocycles. The highest BCUT2D eigenvalue weighted by molar-refractivity contribution is 7.90. The van der Waals surface area contributed by atoms with Gasteiger partial charge in [-0.3, -0.25) is 4.68 Å². The second-order valence-electron chi connectivity index (χ2n) is 4.63. The normalized spacial score (nSPS) is 11.6. The average Bonchev–Trinajstić information content (AvgIpc) is 2.61. The highest BCUT2D eigenvalue weighted by Crippen LogP contribution is 2.20. The van der Waals surface area contributed by atoms with Gasteiger partial charge >= 0.3 is 0 Å². The van der Waals surface area contributed by atoms with Crippen molar-refractivity contribution in [2.45, 2.75) is 18.4 Å². The van der Waals surface area contributed by atoms with Crippen LogP contribution in [0.2, 0.25) is 5.15 Å². The molecule has 0 unspecified atom stereocenters. The fourth-order valence-electron chi connectivity index (χ4n) is 1.89. The van der Waals surface area contributed by atoms with Crippen molar-refractivity contribution in [3.05, 3.63) is 40.7 Å². The molecule has 0 atom stereocenters. The summed E-state index contributed by atoms with van der Waals surface area (Å²) in [7, 11) is -1.37.